The SMILES string of the molecule is O=C(/C=C/c1cccc(Cl)c1)N1CCN(S(=O)(=O)c2ccc(Br)s2)CC1. The van der Waals surface area contributed by atoms with Gasteiger partial charge >= 0.3 is 0 Å². The van der Waals surface area contributed by atoms with Gasteiger partial charge in [0.25, 0.3) is 10.0 Å². The summed E-state index contributed by atoms with van der Waals surface area (Å²) < 4.78 is 27.7. The molecule has 1 amide bonds. The standard InChI is InChI=1S/C17H16BrClN2O3S2/c18-15-5-7-17(25-15)26(23,24)21-10-8-20(9-11-21)16(22)6-4-13-2-1-3-14(19)12-13/h1-7,12H,8-11H2/b6-4+. The van der Waals surface area contributed by atoms with Crippen LogP contribution >= 0.6 is 38.9 Å². The number of halogens is 2. The van der Waals surface area contributed by atoms with E-state index in [2.05, 4.69) is 15.9 Å². The smallest absolute Gasteiger partial charge is 0.252 e. The fourth-order valence-electron chi connectivity index (χ4n) is 2.60. The van der Waals surface area contributed by atoms with Crippen molar-refractivity contribution in [1.29, 1.82) is 0 Å². The maximum atomic E-state index is 12.6. The lowest BCUT2D eigenvalue weighted by Gasteiger charge is -2.33. The normalized spacial score (nSPS) is 16.3. The van der Waals surface area contributed by atoms with Crippen LogP contribution in [-0.2, 0) is 14.8 Å². The molecule has 5 nitrogen and oxygen atoms in total. The number of thiophene rings is 1. The van der Waals surface area contributed by atoms with Crippen molar-refractivity contribution in [3.63, 3.8) is 0 Å². The number of carbonyl (C=O) groups is 1. The molecule has 9 heteroatoms. The molecule has 2 aromatic rings. The molecule has 1 aliphatic rings. The third-order valence-electron chi connectivity index (χ3n) is 3.96. The quantitative estimate of drug-likeness (QED) is 0.634. The summed E-state index contributed by atoms with van der Waals surface area (Å²) in [5, 5.41) is 0.610. The molecule has 26 heavy (non-hydrogen) atoms. The van der Waals surface area contributed by atoms with Crippen molar-refractivity contribution in [1.82, 2.24) is 9.21 Å². The minimum Gasteiger partial charge on any atom is -0.337 e. The summed E-state index contributed by atoms with van der Waals surface area (Å²) in [5.41, 5.74) is 0.843. The van der Waals surface area contributed by atoms with E-state index in [1.807, 2.05) is 12.1 Å². The van der Waals surface area contributed by atoms with E-state index >= 15 is 0 Å². The van der Waals surface area contributed by atoms with Gasteiger partial charge < -0.3 is 4.90 Å². The lowest BCUT2D eigenvalue weighted by molar-refractivity contribution is -0.127. The maximum Gasteiger partial charge on any atom is 0.252 e. The average molecular weight is 476 g/mol. The molecule has 0 saturated carbocycles. The lowest BCUT2D eigenvalue weighted by Crippen LogP contribution is -2.50. The van der Waals surface area contributed by atoms with Crippen molar-refractivity contribution < 1.29 is 13.2 Å². The van der Waals surface area contributed by atoms with E-state index in [4.69, 9.17) is 11.6 Å². The number of rotatable bonds is 4. The highest BCUT2D eigenvalue weighted by molar-refractivity contribution is 9.11. The van der Waals surface area contributed by atoms with Crippen LogP contribution in [0.4, 0.5) is 0 Å². The van der Waals surface area contributed by atoms with E-state index in [0.717, 1.165) is 9.35 Å². The molecule has 138 valence electrons. The van der Waals surface area contributed by atoms with Gasteiger partial charge in [0.2, 0.25) is 5.91 Å². The van der Waals surface area contributed by atoms with Gasteiger partial charge in [-0.2, -0.15) is 4.31 Å². The Bertz CT molecular complexity index is 935. The third-order valence-corrected chi connectivity index (χ3v) is 8.18. The fraction of sp³-hybridized carbons (Fsp3) is 0.235. The van der Waals surface area contributed by atoms with Crippen molar-refractivity contribution in [3.05, 3.63) is 56.8 Å². The summed E-state index contributed by atoms with van der Waals surface area (Å²) in [5.74, 6) is -0.138. The van der Waals surface area contributed by atoms with Crippen LogP contribution < -0.4 is 0 Å². The van der Waals surface area contributed by atoms with Gasteiger partial charge in [-0.05, 0) is 51.8 Å². The van der Waals surface area contributed by atoms with Gasteiger partial charge in [-0.15, -0.1) is 11.3 Å². The highest BCUT2D eigenvalue weighted by Gasteiger charge is 2.30. The van der Waals surface area contributed by atoms with Gasteiger partial charge in [0.05, 0.1) is 3.79 Å². The number of carbonyl (C=O) groups excluding carboxylic acids is 1. The molecule has 0 N–H and O–H groups in total. The zero-order chi connectivity index (χ0) is 18.7. The molecule has 1 fully saturated rings. The van der Waals surface area contributed by atoms with E-state index in [1.54, 1.807) is 35.2 Å². The number of hydrogen-bond donors (Lipinski definition) is 0. The highest BCUT2D eigenvalue weighted by atomic mass is 79.9. The zero-order valence-electron chi connectivity index (χ0n) is 13.6. The molecule has 2 heterocycles. The predicted molar refractivity (Wildman–Crippen MR) is 108 cm³/mol. The molecular formula is C17H16BrClN2O3S2. The second kappa shape index (κ2) is 8.22. The van der Waals surface area contributed by atoms with E-state index in [0.29, 0.717) is 22.3 Å². The van der Waals surface area contributed by atoms with Gasteiger partial charge in [-0.25, -0.2) is 8.42 Å². The summed E-state index contributed by atoms with van der Waals surface area (Å²) in [6.07, 6.45) is 3.20. The molecule has 1 aliphatic heterocycles. The van der Waals surface area contributed by atoms with Gasteiger partial charge in [0, 0.05) is 37.3 Å². The Hall–Kier alpha value is -1.19. The van der Waals surface area contributed by atoms with Crippen molar-refractivity contribution in [2.24, 2.45) is 0 Å². The highest BCUT2D eigenvalue weighted by Crippen LogP contribution is 2.29. The minimum atomic E-state index is -3.50. The van der Waals surface area contributed by atoms with Crippen LogP contribution in [0.15, 0.2) is 50.5 Å². The number of piperazine rings is 1. The number of nitrogens with zero attached hydrogens (tertiary/aromatic N) is 2. The molecular weight excluding hydrogens is 460 g/mol. The van der Waals surface area contributed by atoms with Crippen LogP contribution in [0.1, 0.15) is 5.56 Å². The van der Waals surface area contributed by atoms with E-state index in [1.165, 1.54) is 21.7 Å². The van der Waals surface area contributed by atoms with Crippen molar-refractivity contribution in [2.45, 2.75) is 4.21 Å². The van der Waals surface area contributed by atoms with Gasteiger partial charge in [-0.1, -0.05) is 23.7 Å². The monoisotopic (exact) mass is 474 g/mol. The van der Waals surface area contributed by atoms with Gasteiger partial charge in [0.15, 0.2) is 0 Å². The predicted octanol–water partition coefficient (Wildman–Crippen LogP) is 3.71. The second-order valence-corrected chi connectivity index (χ2v) is 10.7. The Morgan fingerprint density at radius 1 is 1.15 bits per heavy atom. The van der Waals surface area contributed by atoms with Crippen LogP contribution in [0.3, 0.4) is 0 Å². The first kappa shape index (κ1) is 19.6. The van der Waals surface area contributed by atoms with Crippen LogP contribution in [0.5, 0.6) is 0 Å². The first-order valence-electron chi connectivity index (χ1n) is 7.84. The third kappa shape index (κ3) is 4.55. The molecule has 3 rings (SSSR count). The number of benzene rings is 1. The van der Waals surface area contributed by atoms with Crippen LogP contribution in [0, 0.1) is 0 Å². The summed E-state index contributed by atoms with van der Waals surface area (Å²) >= 11 is 10.4. The second-order valence-electron chi connectivity index (χ2n) is 5.68. The van der Waals surface area contributed by atoms with E-state index < -0.39 is 10.0 Å². The Morgan fingerprint density at radius 3 is 2.50 bits per heavy atom. The largest absolute Gasteiger partial charge is 0.337 e. The molecule has 1 saturated heterocycles. The Kier molecular flexibility index (Phi) is 6.19. The number of sulfonamides is 1. The maximum absolute atomic E-state index is 12.6. The van der Waals surface area contributed by atoms with Crippen LogP contribution in [0.25, 0.3) is 6.08 Å². The Balaban J connectivity index is 1.60. The van der Waals surface area contributed by atoms with Crippen molar-refractivity contribution in [3.8, 4) is 0 Å². The molecule has 0 aliphatic carbocycles. The Labute approximate surface area is 170 Å². The fourth-order valence-corrected chi connectivity index (χ4v) is 6.38. The average Bonchev–Trinajstić information content (AvgIpc) is 3.07. The topological polar surface area (TPSA) is 57.7 Å². The Morgan fingerprint density at radius 2 is 1.88 bits per heavy atom. The van der Waals surface area contributed by atoms with Crippen molar-refractivity contribution >= 4 is 60.9 Å². The molecule has 0 unspecified atom stereocenters. The van der Waals surface area contributed by atoms with Gasteiger partial charge in [-0.3, -0.25) is 4.79 Å². The minimum absolute atomic E-state index is 0.138. The molecule has 0 radical (unpaired) electrons. The first-order chi connectivity index (χ1) is 12.4. The molecule has 1 aromatic heterocycles. The summed E-state index contributed by atoms with van der Waals surface area (Å²) in [6.45, 7) is 1.30. The van der Waals surface area contributed by atoms with Gasteiger partial charge in [0.1, 0.15) is 4.21 Å². The zero-order valence-corrected chi connectivity index (χ0v) is 17.6. The summed E-state index contributed by atoms with van der Waals surface area (Å²) in [6, 6.07) is 10.5. The number of amides is 1. The lowest BCUT2D eigenvalue weighted by atomic mass is 10.2. The van der Waals surface area contributed by atoms with Crippen LogP contribution in [-0.4, -0.2) is 49.7 Å². The molecule has 0 bridgehead atoms. The number of hydrogen-bond acceptors (Lipinski definition) is 4. The van der Waals surface area contributed by atoms with E-state index in [9.17, 15) is 13.2 Å². The summed E-state index contributed by atoms with van der Waals surface area (Å²) in [4.78, 5) is 14.0. The molecule has 0 atom stereocenters. The molecule has 1 aromatic carbocycles. The molecule has 0 spiro atoms. The van der Waals surface area contributed by atoms with E-state index in [-0.39, 0.29) is 19.0 Å². The van der Waals surface area contributed by atoms with Crippen LogP contribution in [0.2, 0.25) is 5.02 Å². The van der Waals surface area contributed by atoms with Crippen molar-refractivity contribution in [2.75, 3.05) is 26.2 Å². The first-order valence-corrected chi connectivity index (χ1v) is 11.3. The summed E-state index contributed by atoms with van der Waals surface area (Å²) in [7, 11) is -3.50.